The lowest BCUT2D eigenvalue weighted by atomic mass is 9.75. The molecule has 1 saturated heterocycles. The summed E-state index contributed by atoms with van der Waals surface area (Å²) in [7, 11) is 0. The van der Waals surface area contributed by atoms with Gasteiger partial charge in [0.25, 0.3) is 0 Å². The molecular weight excluding hydrogens is 252 g/mol. The van der Waals surface area contributed by atoms with E-state index >= 15 is 0 Å². The molecule has 0 radical (unpaired) electrons. The molecule has 1 aliphatic heterocycles. The van der Waals surface area contributed by atoms with E-state index in [9.17, 15) is 9.90 Å². The average Bonchev–Trinajstić information content (AvgIpc) is 2.86. The van der Waals surface area contributed by atoms with E-state index < -0.39 is 5.60 Å². The second kappa shape index (κ2) is 6.02. The molecule has 0 bridgehead atoms. The first-order chi connectivity index (χ1) is 9.38. The average molecular weight is 282 g/mol. The number of amides is 1. The third-order valence-electron chi connectivity index (χ3n) is 5.39. The SMILES string of the molecule is CC1CCCC(O)(CNC(=O)C2(C(C)C)CCNC2)C1. The van der Waals surface area contributed by atoms with Crippen molar-refractivity contribution in [3.8, 4) is 0 Å². The van der Waals surface area contributed by atoms with Crippen LogP contribution in [-0.4, -0.2) is 36.2 Å². The van der Waals surface area contributed by atoms with E-state index in [-0.39, 0.29) is 11.3 Å². The van der Waals surface area contributed by atoms with Crippen molar-refractivity contribution in [3.05, 3.63) is 0 Å². The van der Waals surface area contributed by atoms with E-state index in [4.69, 9.17) is 0 Å². The lowest BCUT2D eigenvalue weighted by Gasteiger charge is -2.37. The summed E-state index contributed by atoms with van der Waals surface area (Å²) in [6.07, 6.45) is 4.76. The summed E-state index contributed by atoms with van der Waals surface area (Å²) in [6.45, 7) is 8.49. The summed E-state index contributed by atoms with van der Waals surface area (Å²) in [5.41, 5.74) is -0.992. The molecule has 20 heavy (non-hydrogen) atoms. The zero-order valence-corrected chi connectivity index (χ0v) is 13.2. The number of aliphatic hydroxyl groups is 1. The van der Waals surface area contributed by atoms with E-state index in [0.29, 0.717) is 18.4 Å². The molecule has 1 heterocycles. The monoisotopic (exact) mass is 282 g/mol. The highest BCUT2D eigenvalue weighted by Crippen LogP contribution is 2.35. The molecule has 3 atom stereocenters. The van der Waals surface area contributed by atoms with Gasteiger partial charge in [-0.05, 0) is 37.6 Å². The molecule has 1 aliphatic carbocycles. The number of nitrogens with one attached hydrogen (secondary N) is 2. The molecule has 4 heteroatoms. The first-order valence-electron chi connectivity index (χ1n) is 8.09. The van der Waals surface area contributed by atoms with Gasteiger partial charge in [-0.15, -0.1) is 0 Å². The Bertz CT molecular complexity index is 350. The van der Waals surface area contributed by atoms with E-state index in [1.807, 2.05) is 0 Å². The Labute approximate surface area is 122 Å². The first-order valence-corrected chi connectivity index (χ1v) is 8.09. The van der Waals surface area contributed by atoms with Crippen LogP contribution < -0.4 is 10.6 Å². The highest BCUT2D eigenvalue weighted by atomic mass is 16.3. The molecule has 116 valence electrons. The van der Waals surface area contributed by atoms with E-state index in [1.165, 1.54) is 6.42 Å². The van der Waals surface area contributed by atoms with Gasteiger partial charge in [0.05, 0.1) is 11.0 Å². The molecule has 4 nitrogen and oxygen atoms in total. The Morgan fingerprint density at radius 1 is 1.45 bits per heavy atom. The van der Waals surface area contributed by atoms with Crippen molar-refractivity contribution in [2.75, 3.05) is 19.6 Å². The van der Waals surface area contributed by atoms with Crippen LogP contribution in [-0.2, 0) is 4.79 Å². The maximum Gasteiger partial charge on any atom is 0.227 e. The number of carbonyl (C=O) groups excluding carboxylic acids is 1. The van der Waals surface area contributed by atoms with Crippen LogP contribution >= 0.6 is 0 Å². The Morgan fingerprint density at radius 2 is 2.20 bits per heavy atom. The molecule has 2 rings (SSSR count). The smallest absolute Gasteiger partial charge is 0.227 e. The van der Waals surface area contributed by atoms with Gasteiger partial charge < -0.3 is 15.7 Å². The predicted molar refractivity (Wildman–Crippen MR) is 80.3 cm³/mol. The van der Waals surface area contributed by atoms with Crippen LogP contribution in [0.5, 0.6) is 0 Å². The van der Waals surface area contributed by atoms with Crippen LogP contribution in [0.1, 0.15) is 52.9 Å². The van der Waals surface area contributed by atoms with Gasteiger partial charge in [0, 0.05) is 13.1 Å². The number of hydrogen-bond acceptors (Lipinski definition) is 3. The summed E-state index contributed by atoms with van der Waals surface area (Å²) in [5.74, 6) is 0.986. The molecule has 0 spiro atoms. The van der Waals surface area contributed by atoms with Gasteiger partial charge >= 0.3 is 0 Å². The second-order valence-electron chi connectivity index (χ2n) is 7.35. The van der Waals surface area contributed by atoms with Gasteiger partial charge in [-0.3, -0.25) is 4.79 Å². The Hall–Kier alpha value is -0.610. The number of rotatable bonds is 4. The van der Waals surface area contributed by atoms with Crippen LogP contribution in [0.2, 0.25) is 0 Å². The quantitative estimate of drug-likeness (QED) is 0.735. The molecule has 3 N–H and O–H groups in total. The molecule has 0 aromatic rings. The van der Waals surface area contributed by atoms with Crippen LogP contribution in [0.4, 0.5) is 0 Å². The van der Waals surface area contributed by atoms with Crippen molar-refractivity contribution in [2.24, 2.45) is 17.3 Å². The van der Waals surface area contributed by atoms with Crippen LogP contribution in [0, 0.1) is 17.3 Å². The highest BCUT2D eigenvalue weighted by molar-refractivity contribution is 5.83. The highest BCUT2D eigenvalue weighted by Gasteiger charge is 2.44. The minimum absolute atomic E-state index is 0.115. The lowest BCUT2D eigenvalue weighted by molar-refractivity contribution is -0.134. The third-order valence-corrected chi connectivity index (χ3v) is 5.39. The van der Waals surface area contributed by atoms with Gasteiger partial charge in [0.1, 0.15) is 0 Å². The van der Waals surface area contributed by atoms with E-state index in [2.05, 4.69) is 31.4 Å². The Morgan fingerprint density at radius 3 is 2.75 bits per heavy atom. The predicted octanol–water partition coefficient (Wildman–Crippen LogP) is 1.68. The first kappa shape index (κ1) is 15.8. The number of hydrogen-bond donors (Lipinski definition) is 3. The second-order valence-corrected chi connectivity index (χ2v) is 7.35. The summed E-state index contributed by atoms with van der Waals surface area (Å²) in [5, 5.41) is 17.0. The van der Waals surface area contributed by atoms with Gasteiger partial charge in [0.15, 0.2) is 0 Å². The summed E-state index contributed by atoms with van der Waals surface area (Å²) < 4.78 is 0. The summed E-state index contributed by atoms with van der Waals surface area (Å²) >= 11 is 0. The molecular formula is C16H30N2O2. The lowest BCUT2D eigenvalue weighted by Crippen LogP contribution is -2.52. The van der Waals surface area contributed by atoms with Crippen LogP contribution in [0.3, 0.4) is 0 Å². The zero-order valence-electron chi connectivity index (χ0n) is 13.2. The van der Waals surface area contributed by atoms with Crippen molar-refractivity contribution in [1.29, 1.82) is 0 Å². The van der Waals surface area contributed by atoms with Gasteiger partial charge in [-0.2, -0.15) is 0 Å². The molecule has 2 fully saturated rings. The molecule has 1 saturated carbocycles. The third kappa shape index (κ3) is 3.17. The Balaban J connectivity index is 1.94. The molecule has 2 aliphatic rings. The van der Waals surface area contributed by atoms with Crippen molar-refractivity contribution in [1.82, 2.24) is 10.6 Å². The van der Waals surface area contributed by atoms with Crippen molar-refractivity contribution in [3.63, 3.8) is 0 Å². The molecule has 1 amide bonds. The van der Waals surface area contributed by atoms with Crippen molar-refractivity contribution >= 4 is 5.91 Å². The standard InChI is InChI=1S/C16H30N2O2/c1-12(2)16(7-8-17-11-16)14(19)18-10-15(20)6-4-5-13(3)9-15/h12-13,17,20H,4-11H2,1-3H3,(H,18,19). The van der Waals surface area contributed by atoms with E-state index in [0.717, 1.165) is 38.8 Å². The topological polar surface area (TPSA) is 61.4 Å². The van der Waals surface area contributed by atoms with Crippen molar-refractivity contribution in [2.45, 2.75) is 58.5 Å². The van der Waals surface area contributed by atoms with Gasteiger partial charge in [-0.25, -0.2) is 0 Å². The fraction of sp³-hybridized carbons (Fsp3) is 0.938. The van der Waals surface area contributed by atoms with Crippen molar-refractivity contribution < 1.29 is 9.90 Å². The molecule has 3 unspecified atom stereocenters. The minimum atomic E-state index is -0.697. The van der Waals surface area contributed by atoms with Gasteiger partial charge in [0.2, 0.25) is 5.91 Å². The largest absolute Gasteiger partial charge is 0.388 e. The van der Waals surface area contributed by atoms with Gasteiger partial charge in [-0.1, -0.05) is 33.6 Å². The van der Waals surface area contributed by atoms with E-state index in [1.54, 1.807) is 0 Å². The normalized spacial score (nSPS) is 38.1. The molecule has 0 aromatic carbocycles. The maximum atomic E-state index is 12.6. The molecule has 0 aromatic heterocycles. The maximum absolute atomic E-state index is 12.6. The fourth-order valence-corrected chi connectivity index (χ4v) is 3.87. The Kier molecular flexibility index (Phi) is 4.75. The fourth-order valence-electron chi connectivity index (χ4n) is 3.87. The minimum Gasteiger partial charge on any atom is -0.388 e. The van der Waals surface area contributed by atoms with Crippen LogP contribution in [0.25, 0.3) is 0 Å². The summed E-state index contributed by atoms with van der Waals surface area (Å²) in [4.78, 5) is 12.6. The summed E-state index contributed by atoms with van der Waals surface area (Å²) in [6, 6.07) is 0. The zero-order chi connectivity index (χ0) is 14.8. The number of carbonyl (C=O) groups is 1. The van der Waals surface area contributed by atoms with Crippen LogP contribution in [0.15, 0.2) is 0 Å².